The number of ketones is 1. The zero-order valence-corrected chi connectivity index (χ0v) is 10.6. The Morgan fingerprint density at radius 3 is 2.70 bits per heavy atom. The van der Waals surface area contributed by atoms with Gasteiger partial charge in [0.25, 0.3) is 0 Å². The van der Waals surface area contributed by atoms with Gasteiger partial charge in [0, 0.05) is 6.20 Å². The second-order valence-corrected chi connectivity index (χ2v) is 4.21. The first-order valence-corrected chi connectivity index (χ1v) is 5.67. The van der Waals surface area contributed by atoms with E-state index in [1.165, 1.54) is 6.20 Å². The molecule has 0 amide bonds. The maximum Gasteiger partial charge on any atom is 0.450 e. The first kappa shape index (κ1) is 14.2. The summed E-state index contributed by atoms with van der Waals surface area (Å²) in [6.45, 7) is 2.82. The van der Waals surface area contributed by atoms with Crippen molar-refractivity contribution in [1.82, 2.24) is 15.1 Å². The molecule has 0 N–H and O–H groups in total. The smallest absolute Gasteiger partial charge is 0.338 e. The fourth-order valence-electron chi connectivity index (χ4n) is 1.58. The van der Waals surface area contributed by atoms with Crippen molar-refractivity contribution in [2.75, 3.05) is 0 Å². The second-order valence-electron chi connectivity index (χ2n) is 4.21. The van der Waals surface area contributed by atoms with Crippen LogP contribution in [-0.2, 0) is 4.79 Å². The Labute approximate surface area is 111 Å². The Balaban J connectivity index is 2.30. The van der Waals surface area contributed by atoms with E-state index in [0.29, 0.717) is 5.69 Å². The average molecular weight is 285 g/mol. The number of aryl methyl sites for hydroxylation is 1. The SMILES string of the molecule is Cc1cccnc1-c1noc(C(C)C(=O)C(F)(F)F)n1. The van der Waals surface area contributed by atoms with Crippen LogP contribution in [-0.4, -0.2) is 27.1 Å². The summed E-state index contributed by atoms with van der Waals surface area (Å²) in [7, 11) is 0. The number of Topliss-reactive ketones (excluding diaryl/α,β-unsaturated/α-hetero) is 1. The number of alkyl halides is 3. The molecule has 5 nitrogen and oxygen atoms in total. The monoisotopic (exact) mass is 285 g/mol. The lowest BCUT2D eigenvalue weighted by Crippen LogP contribution is -2.27. The molecule has 0 aliphatic heterocycles. The summed E-state index contributed by atoms with van der Waals surface area (Å²) in [4.78, 5) is 18.9. The molecule has 20 heavy (non-hydrogen) atoms. The van der Waals surface area contributed by atoms with Crippen LogP contribution in [0.1, 0.15) is 24.3 Å². The van der Waals surface area contributed by atoms with Crippen molar-refractivity contribution in [3.8, 4) is 11.5 Å². The molecule has 1 atom stereocenters. The Kier molecular flexibility index (Phi) is 3.56. The van der Waals surface area contributed by atoms with Gasteiger partial charge in [0.2, 0.25) is 17.5 Å². The van der Waals surface area contributed by atoms with Gasteiger partial charge < -0.3 is 4.52 Å². The molecule has 0 aromatic carbocycles. The van der Waals surface area contributed by atoms with Crippen LogP contribution in [0.2, 0.25) is 0 Å². The van der Waals surface area contributed by atoms with Crippen LogP contribution in [0.25, 0.3) is 11.5 Å². The fourth-order valence-corrected chi connectivity index (χ4v) is 1.58. The highest BCUT2D eigenvalue weighted by atomic mass is 19.4. The third kappa shape index (κ3) is 2.68. The summed E-state index contributed by atoms with van der Waals surface area (Å²) >= 11 is 0. The Bertz CT molecular complexity index is 637. The molecule has 0 saturated heterocycles. The van der Waals surface area contributed by atoms with E-state index in [-0.39, 0.29) is 11.7 Å². The average Bonchev–Trinajstić information content (AvgIpc) is 2.86. The zero-order valence-electron chi connectivity index (χ0n) is 10.6. The maximum atomic E-state index is 12.3. The van der Waals surface area contributed by atoms with Crippen molar-refractivity contribution < 1.29 is 22.5 Å². The lowest BCUT2D eigenvalue weighted by molar-refractivity contribution is -0.172. The molecule has 1 unspecified atom stereocenters. The number of halogens is 3. The Hall–Kier alpha value is -2.25. The van der Waals surface area contributed by atoms with Gasteiger partial charge in [-0.3, -0.25) is 9.78 Å². The number of aromatic nitrogens is 3. The van der Waals surface area contributed by atoms with Gasteiger partial charge in [0.05, 0.1) is 0 Å². The molecule has 2 heterocycles. The van der Waals surface area contributed by atoms with Crippen molar-refractivity contribution >= 4 is 5.78 Å². The molecule has 2 aromatic rings. The number of nitrogens with zero attached hydrogens (tertiary/aromatic N) is 3. The molecule has 0 saturated carbocycles. The molecule has 0 bridgehead atoms. The van der Waals surface area contributed by atoms with Crippen molar-refractivity contribution in [3.05, 3.63) is 29.8 Å². The molecule has 0 spiro atoms. The Morgan fingerprint density at radius 2 is 2.10 bits per heavy atom. The van der Waals surface area contributed by atoms with E-state index in [1.54, 1.807) is 19.1 Å². The normalized spacial score (nSPS) is 13.2. The molecule has 2 aromatic heterocycles. The lowest BCUT2D eigenvalue weighted by Gasteiger charge is -2.08. The second kappa shape index (κ2) is 5.03. The van der Waals surface area contributed by atoms with Crippen LogP contribution in [0.5, 0.6) is 0 Å². The molecule has 0 aliphatic rings. The minimum atomic E-state index is -4.94. The lowest BCUT2D eigenvalue weighted by atomic mass is 10.1. The van der Waals surface area contributed by atoms with Crippen LogP contribution in [0, 0.1) is 6.92 Å². The van der Waals surface area contributed by atoms with E-state index in [9.17, 15) is 18.0 Å². The van der Waals surface area contributed by atoms with Gasteiger partial charge in [-0.2, -0.15) is 18.2 Å². The van der Waals surface area contributed by atoms with Gasteiger partial charge in [0.15, 0.2) is 0 Å². The third-order valence-electron chi connectivity index (χ3n) is 2.71. The molecule has 106 valence electrons. The van der Waals surface area contributed by atoms with Crippen molar-refractivity contribution in [1.29, 1.82) is 0 Å². The van der Waals surface area contributed by atoms with Crippen LogP contribution in [0.3, 0.4) is 0 Å². The van der Waals surface area contributed by atoms with E-state index in [4.69, 9.17) is 4.52 Å². The number of hydrogen-bond donors (Lipinski definition) is 0. The van der Waals surface area contributed by atoms with E-state index < -0.39 is 17.9 Å². The van der Waals surface area contributed by atoms with Crippen LogP contribution in [0.4, 0.5) is 13.2 Å². The number of hydrogen-bond acceptors (Lipinski definition) is 5. The van der Waals surface area contributed by atoms with Gasteiger partial charge in [0.1, 0.15) is 11.6 Å². The van der Waals surface area contributed by atoms with Crippen LogP contribution in [0.15, 0.2) is 22.9 Å². The van der Waals surface area contributed by atoms with E-state index in [0.717, 1.165) is 12.5 Å². The van der Waals surface area contributed by atoms with Gasteiger partial charge in [-0.1, -0.05) is 11.2 Å². The molecule has 8 heteroatoms. The third-order valence-corrected chi connectivity index (χ3v) is 2.71. The van der Waals surface area contributed by atoms with Gasteiger partial charge in [-0.25, -0.2) is 0 Å². The molecular weight excluding hydrogens is 275 g/mol. The summed E-state index contributed by atoms with van der Waals surface area (Å²) in [6.07, 6.45) is -3.43. The van der Waals surface area contributed by atoms with Crippen molar-refractivity contribution in [3.63, 3.8) is 0 Å². The summed E-state index contributed by atoms with van der Waals surface area (Å²) in [5.41, 5.74) is 1.14. The number of pyridine rings is 1. The number of carbonyl (C=O) groups excluding carboxylic acids is 1. The summed E-state index contributed by atoms with van der Waals surface area (Å²) < 4.78 is 41.7. The standard InChI is InChI=1S/C12H10F3N3O2/c1-6-4-3-5-16-8(6)10-17-11(20-18-10)7(2)9(19)12(13,14)15/h3-5,7H,1-2H3. The predicted molar refractivity (Wildman–Crippen MR) is 61.7 cm³/mol. The topological polar surface area (TPSA) is 68.9 Å². The fraction of sp³-hybridized carbons (Fsp3) is 0.333. The first-order valence-electron chi connectivity index (χ1n) is 5.67. The molecular formula is C12H10F3N3O2. The van der Waals surface area contributed by atoms with Crippen LogP contribution < -0.4 is 0 Å². The van der Waals surface area contributed by atoms with Crippen LogP contribution >= 0.6 is 0 Å². The highest BCUT2D eigenvalue weighted by Gasteiger charge is 2.44. The highest BCUT2D eigenvalue weighted by Crippen LogP contribution is 2.27. The van der Waals surface area contributed by atoms with E-state index in [1.807, 2.05) is 0 Å². The zero-order chi connectivity index (χ0) is 14.9. The minimum Gasteiger partial charge on any atom is -0.338 e. The first-order chi connectivity index (χ1) is 9.30. The van der Waals surface area contributed by atoms with Gasteiger partial charge >= 0.3 is 6.18 Å². The molecule has 0 radical (unpaired) electrons. The molecule has 2 rings (SSSR count). The quantitative estimate of drug-likeness (QED) is 0.867. The van der Waals surface area contributed by atoms with Crippen molar-refractivity contribution in [2.45, 2.75) is 25.9 Å². The summed E-state index contributed by atoms with van der Waals surface area (Å²) in [5, 5.41) is 3.56. The maximum absolute atomic E-state index is 12.3. The predicted octanol–water partition coefficient (Wildman–Crippen LogP) is 2.67. The van der Waals surface area contributed by atoms with Gasteiger partial charge in [-0.15, -0.1) is 0 Å². The van der Waals surface area contributed by atoms with Gasteiger partial charge in [-0.05, 0) is 25.5 Å². The highest BCUT2D eigenvalue weighted by molar-refractivity contribution is 5.89. The number of carbonyl (C=O) groups is 1. The largest absolute Gasteiger partial charge is 0.450 e. The molecule has 0 fully saturated rings. The van der Waals surface area contributed by atoms with E-state index >= 15 is 0 Å². The molecule has 0 aliphatic carbocycles. The van der Waals surface area contributed by atoms with Crippen molar-refractivity contribution in [2.24, 2.45) is 0 Å². The Morgan fingerprint density at radius 1 is 1.40 bits per heavy atom. The van der Waals surface area contributed by atoms with E-state index in [2.05, 4.69) is 15.1 Å². The number of rotatable bonds is 3. The minimum absolute atomic E-state index is 0.0555. The summed E-state index contributed by atoms with van der Waals surface area (Å²) in [6, 6.07) is 3.46. The summed E-state index contributed by atoms with van der Waals surface area (Å²) in [5.74, 6) is -3.79.